The second-order valence-corrected chi connectivity index (χ2v) is 6.61. The predicted molar refractivity (Wildman–Crippen MR) is 79.9 cm³/mol. The summed E-state index contributed by atoms with van der Waals surface area (Å²) < 4.78 is 0. The number of rotatable bonds is 1. The van der Waals surface area contributed by atoms with E-state index in [1.165, 1.54) is 32.1 Å². The zero-order valence-electron chi connectivity index (χ0n) is 11.8. The normalized spacial score (nSPS) is 21.9. The highest BCUT2D eigenvalue weighted by molar-refractivity contribution is 6.29. The highest BCUT2D eigenvalue weighted by Gasteiger charge is 2.36. The first-order chi connectivity index (χ1) is 9.69. The van der Waals surface area contributed by atoms with Gasteiger partial charge in [0.1, 0.15) is 5.15 Å². The quantitative estimate of drug-likeness (QED) is 0.735. The number of nitrogens with zero attached hydrogens (tertiary/aromatic N) is 2. The third-order valence-corrected chi connectivity index (χ3v) is 5.21. The van der Waals surface area contributed by atoms with Gasteiger partial charge in [-0.25, -0.2) is 4.98 Å². The van der Waals surface area contributed by atoms with E-state index in [1.807, 2.05) is 4.90 Å². The molecule has 1 amide bonds. The third kappa shape index (κ3) is 2.83. The van der Waals surface area contributed by atoms with E-state index in [0.717, 1.165) is 25.9 Å². The first-order valence-electron chi connectivity index (χ1n) is 7.59. The molecular weight excluding hydrogens is 272 g/mol. The number of carbonyl (C=O) groups is 1. The van der Waals surface area contributed by atoms with E-state index in [0.29, 0.717) is 16.1 Å². The summed E-state index contributed by atoms with van der Waals surface area (Å²) >= 11 is 5.86. The van der Waals surface area contributed by atoms with Crippen molar-refractivity contribution < 1.29 is 4.79 Å². The molecule has 4 heteroatoms. The van der Waals surface area contributed by atoms with Crippen LogP contribution in [-0.2, 0) is 0 Å². The van der Waals surface area contributed by atoms with E-state index in [9.17, 15) is 4.79 Å². The molecule has 0 aromatic carbocycles. The highest BCUT2D eigenvalue weighted by atomic mass is 35.5. The van der Waals surface area contributed by atoms with Gasteiger partial charge in [-0.1, -0.05) is 30.9 Å². The van der Waals surface area contributed by atoms with E-state index in [2.05, 4.69) is 4.98 Å². The van der Waals surface area contributed by atoms with Crippen LogP contribution in [0, 0.1) is 5.41 Å². The molecule has 3 rings (SSSR count). The minimum atomic E-state index is 0.0972. The van der Waals surface area contributed by atoms with E-state index >= 15 is 0 Å². The maximum absolute atomic E-state index is 12.5. The van der Waals surface area contributed by atoms with E-state index in [1.54, 1.807) is 18.3 Å². The van der Waals surface area contributed by atoms with Gasteiger partial charge in [-0.05, 0) is 43.2 Å². The maximum atomic E-state index is 12.5. The Hall–Kier alpha value is -1.09. The van der Waals surface area contributed by atoms with E-state index in [-0.39, 0.29) is 5.91 Å². The molecule has 1 aromatic rings. The molecule has 0 atom stereocenters. The standard InChI is InChI=1S/C16H21ClN2O/c17-14-12-13(4-9-18-14)15(20)19-10-7-16(8-11-19)5-2-1-3-6-16/h4,9,12H,1-3,5-8,10-11H2. The molecule has 2 heterocycles. The fraction of sp³-hybridized carbons (Fsp3) is 0.625. The molecule has 1 spiro atoms. The maximum Gasteiger partial charge on any atom is 0.254 e. The summed E-state index contributed by atoms with van der Waals surface area (Å²) in [5.41, 5.74) is 1.19. The van der Waals surface area contributed by atoms with Gasteiger partial charge in [0, 0.05) is 24.8 Å². The lowest BCUT2D eigenvalue weighted by molar-refractivity contribution is 0.0472. The number of likely N-dealkylation sites (tertiary alicyclic amines) is 1. The molecule has 0 unspecified atom stereocenters. The average Bonchev–Trinajstić information content (AvgIpc) is 2.48. The minimum absolute atomic E-state index is 0.0972. The van der Waals surface area contributed by atoms with Gasteiger partial charge in [-0.3, -0.25) is 4.79 Å². The summed E-state index contributed by atoms with van der Waals surface area (Å²) in [5, 5.41) is 0.386. The number of hydrogen-bond acceptors (Lipinski definition) is 2. The molecule has 1 aliphatic heterocycles. The topological polar surface area (TPSA) is 33.2 Å². The van der Waals surface area contributed by atoms with Crippen LogP contribution in [0.25, 0.3) is 0 Å². The Balaban J connectivity index is 1.64. The van der Waals surface area contributed by atoms with Gasteiger partial charge in [0.05, 0.1) is 0 Å². The summed E-state index contributed by atoms with van der Waals surface area (Å²) in [4.78, 5) is 18.4. The van der Waals surface area contributed by atoms with Crippen molar-refractivity contribution >= 4 is 17.5 Å². The number of piperidine rings is 1. The molecule has 1 saturated carbocycles. The molecule has 2 aliphatic rings. The molecule has 1 saturated heterocycles. The third-order valence-electron chi connectivity index (χ3n) is 5.00. The van der Waals surface area contributed by atoms with Gasteiger partial charge in [0.15, 0.2) is 0 Å². The first-order valence-corrected chi connectivity index (χ1v) is 7.97. The first kappa shape index (κ1) is 13.9. The van der Waals surface area contributed by atoms with Crippen LogP contribution < -0.4 is 0 Å². The van der Waals surface area contributed by atoms with Crippen LogP contribution in [0.1, 0.15) is 55.3 Å². The number of halogens is 1. The van der Waals surface area contributed by atoms with Gasteiger partial charge >= 0.3 is 0 Å². The molecule has 1 aromatic heterocycles. The summed E-state index contributed by atoms with van der Waals surface area (Å²) in [6.07, 6.45) is 10.8. The average molecular weight is 293 g/mol. The van der Waals surface area contributed by atoms with Crippen molar-refractivity contribution in [3.8, 4) is 0 Å². The Morgan fingerprint density at radius 1 is 1.15 bits per heavy atom. The van der Waals surface area contributed by atoms with E-state index < -0.39 is 0 Å². The lowest BCUT2D eigenvalue weighted by Gasteiger charge is -2.44. The van der Waals surface area contributed by atoms with Gasteiger partial charge in [-0.2, -0.15) is 0 Å². The van der Waals surface area contributed by atoms with E-state index in [4.69, 9.17) is 11.6 Å². The van der Waals surface area contributed by atoms with Crippen LogP contribution in [0.3, 0.4) is 0 Å². The molecule has 0 bridgehead atoms. The van der Waals surface area contributed by atoms with Gasteiger partial charge in [-0.15, -0.1) is 0 Å². The molecule has 0 N–H and O–H groups in total. The van der Waals surface area contributed by atoms with Crippen LogP contribution in [0.15, 0.2) is 18.3 Å². The highest BCUT2D eigenvalue weighted by Crippen LogP contribution is 2.44. The van der Waals surface area contributed by atoms with Crippen LogP contribution in [0.5, 0.6) is 0 Å². The van der Waals surface area contributed by atoms with Crippen molar-refractivity contribution in [3.63, 3.8) is 0 Å². The van der Waals surface area contributed by atoms with Crippen molar-refractivity contribution in [1.29, 1.82) is 0 Å². The number of hydrogen-bond donors (Lipinski definition) is 0. The van der Waals surface area contributed by atoms with Crippen molar-refractivity contribution in [2.45, 2.75) is 44.9 Å². The number of amides is 1. The van der Waals surface area contributed by atoms with Crippen LogP contribution in [0.4, 0.5) is 0 Å². The molecular formula is C16H21ClN2O. The minimum Gasteiger partial charge on any atom is -0.339 e. The molecule has 2 fully saturated rings. The summed E-state index contributed by atoms with van der Waals surface area (Å²) in [5.74, 6) is 0.0972. The fourth-order valence-electron chi connectivity index (χ4n) is 3.70. The monoisotopic (exact) mass is 292 g/mol. The number of carbonyl (C=O) groups excluding carboxylic acids is 1. The van der Waals surface area contributed by atoms with Crippen LogP contribution >= 0.6 is 11.6 Å². The summed E-state index contributed by atoms with van der Waals surface area (Å²) in [7, 11) is 0. The second-order valence-electron chi connectivity index (χ2n) is 6.22. The Kier molecular flexibility index (Phi) is 3.97. The van der Waals surface area contributed by atoms with Crippen LogP contribution in [0.2, 0.25) is 5.15 Å². The van der Waals surface area contributed by atoms with Gasteiger partial charge < -0.3 is 4.90 Å². The van der Waals surface area contributed by atoms with Crippen molar-refractivity contribution in [1.82, 2.24) is 9.88 Å². The second kappa shape index (κ2) is 5.72. The largest absolute Gasteiger partial charge is 0.339 e. The molecule has 3 nitrogen and oxygen atoms in total. The van der Waals surface area contributed by atoms with Crippen LogP contribution in [-0.4, -0.2) is 28.9 Å². The zero-order valence-corrected chi connectivity index (χ0v) is 12.5. The summed E-state index contributed by atoms with van der Waals surface area (Å²) in [6, 6.07) is 3.41. The smallest absolute Gasteiger partial charge is 0.254 e. The molecule has 108 valence electrons. The molecule has 1 aliphatic carbocycles. The lowest BCUT2D eigenvalue weighted by atomic mass is 9.68. The predicted octanol–water partition coefficient (Wildman–Crippen LogP) is 3.92. The van der Waals surface area contributed by atoms with Gasteiger partial charge in [0.25, 0.3) is 5.91 Å². The Morgan fingerprint density at radius 2 is 1.85 bits per heavy atom. The lowest BCUT2D eigenvalue weighted by Crippen LogP contribution is -2.43. The molecule has 20 heavy (non-hydrogen) atoms. The zero-order chi connectivity index (χ0) is 14.0. The Bertz CT molecular complexity index is 487. The van der Waals surface area contributed by atoms with Crippen molar-refractivity contribution in [3.05, 3.63) is 29.0 Å². The molecule has 0 radical (unpaired) electrons. The Labute approximate surface area is 125 Å². The number of aromatic nitrogens is 1. The summed E-state index contributed by atoms with van der Waals surface area (Å²) in [6.45, 7) is 1.78. The van der Waals surface area contributed by atoms with Crippen molar-refractivity contribution in [2.24, 2.45) is 5.41 Å². The SMILES string of the molecule is O=C(c1ccnc(Cl)c1)N1CCC2(CCCCC2)CC1. The number of pyridine rings is 1. The van der Waals surface area contributed by atoms with Crippen molar-refractivity contribution in [2.75, 3.05) is 13.1 Å². The van der Waals surface area contributed by atoms with Gasteiger partial charge in [0.2, 0.25) is 0 Å². The Morgan fingerprint density at radius 3 is 2.50 bits per heavy atom. The fourth-order valence-corrected chi connectivity index (χ4v) is 3.88.